The molecule has 0 aromatic heterocycles. The van der Waals surface area contributed by atoms with Crippen LogP contribution in [0.25, 0.3) is 0 Å². The van der Waals surface area contributed by atoms with Gasteiger partial charge in [-0.3, -0.25) is 4.55 Å². The highest BCUT2D eigenvalue weighted by Gasteiger charge is 1.96. The summed E-state index contributed by atoms with van der Waals surface area (Å²) in [4.78, 5) is 0. The number of nitrogens with one attached hydrogen (secondary N) is 1. The van der Waals surface area contributed by atoms with Gasteiger partial charge in [0, 0.05) is 0 Å². The summed E-state index contributed by atoms with van der Waals surface area (Å²) in [6.07, 6.45) is 0. The van der Waals surface area contributed by atoms with Crippen LogP contribution in [-0.4, -0.2) is 14.0 Å². The smallest absolute Gasteiger partial charge is 0.278 e. The van der Waals surface area contributed by atoms with Crippen LogP contribution in [0.2, 0.25) is 0 Å². The first-order chi connectivity index (χ1) is 3.06. The summed E-state index contributed by atoms with van der Waals surface area (Å²) in [6.45, 7) is 0. The summed E-state index contributed by atoms with van der Waals surface area (Å²) < 4.78 is 26.1. The SMILES string of the molecule is N=S(=O)(O)OOO. The van der Waals surface area contributed by atoms with Crippen molar-refractivity contribution in [1.82, 2.24) is 0 Å². The van der Waals surface area contributed by atoms with Gasteiger partial charge in [-0.1, -0.05) is 9.37 Å². The molecule has 44 valence electrons. The summed E-state index contributed by atoms with van der Waals surface area (Å²) in [5.74, 6) is 0. The van der Waals surface area contributed by atoms with Crippen molar-refractivity contribution in [3.63, 3.8) is 0 Å². The molecule has 0 saturated carbocycles. The van der Waals surface area contributed by atoms with Gasteiger partial charge in [0.05, 0.1) is 0 Å². The van der Waals surface area contributed by atoms with E-state index < -0.39 is 10.3 Å². The molecular weight excluding hydrogens is 126 g/mol. The first-order valence-corrected chi connectivity index (χ1v) is 2.51. The van der Waals surface area contributed by atoms with Crippen LogP contribution in [0.1, 0.15) is 0 Å². The zero-order valence-electron chi connectivity index (χ0n) is 3.03. The Balaban J connectivity index is 3.60. The highest BCUT2D eigenvalue weighted by molar-refractivity contribution is 7.81. The van der Waals surface area contributed by atoms with E-state index in [1.807, 2.05) is 0 Å². The molecule has 0 aromatic carbocycles. The third-order valence-electron chi connectivity index (χ3n) is 0.123. The van der Waals surface area contributed by atoms with E-state index in [2.05, 4.69) is 9.37 Å². The molecule has 0 aliphatic rings. The lowest BCUT2D eigenvalue weighted by atomic mass is 14.0. The summed E-state index contributed by atoms with van der Waals surface area (Å²) in [5.41, 5.74) is 0. The molecule has 1 unspecified atom stereocenters. The van der Waals surface area contributed by atoms with Crippen LogP contribution >= 0.6 is 0 Å². The van der Waals surface area contributed by atoms with Crippen molar-refractivity contribution in [2.45, 2.75) is 0 Å². The van der Waals surface area contributed by atoms with Crippen molar-refractivity contribution in [3.05, 3.63) is 0 Å². The maximum atomic E-state index is 9.50. The van der Waals surface area contributed by atoms with Crippen LogP contribution in [0, 0.1) is 4.78 Å². The third kappa shape index (κ3) is 5.79. The van der Waals surface area contributed by atoms with E-state index in [9.17, 15) is 4.21 Å². The second-order valence-corrected chi connectivity index (χ2v) is 1.70. The third-order valence-corrected chi connectivity index (χ3v) is 0.368. The predicted octanol–water partition coefficient (Wildman–Crippen LogP) is -0.158. The van der Waals surface area contributed by atoms with Gasteiger partial charge < -0.3 is 0 Å². The molecular formula is H3NO5S. The van der Waals surface area contributed by atoms with E-state index >= 15 is 0 Å². The van der Waals surface area contributed by atoms with E-state index in [-0.39, 0.29) is 0 Å². The summed E-state index contributed by atoms with van der Waals surface area (Å²) in [7, 11) is -4.15. The normalized spacial score (nSPS) is 18.6. The quantitative estimate of drug-likeness (QED) is 0.355. The van der Waals surface area contributed by atoms with Gasteiger partial charge in [0.1, 0.15) is 0 Å². The van der Waals surface area contributed by atoms with Crippen LogP contribution < -0.4 is 0 Å². The average Bonchev–Trinajstić information content (AvgIpc) is 1.30. The maximum absolute atomic E-state index is 9.50. The number of hydrogen-bond donors (Lipinski definition) is 3. The number of rotatable bonds is 2. The van der Waals surface area contributed by atoms with Gasteiger partial charge in [0.25, 0.3) is 0 Å². The highest BCUT2D eigenvalue weighted by Crippen LogP contribution is 1.83. The van der Waals surface area contributed by atoms with Crippen LogP contribution in [0.4, 0.5) is 0 Å². The first-order valence-electron chi connectivity index (χ1n) is 1.07. The first kappa shape index (κ1) is 6.79. The molecule has 0 heterocycles. The lowest BCUT2D eigenvalue weighted by molar-refractivity contribution is -0.438. The Morgan fingerprint density at radius 2 is 2.14 bits per heavy atom. The Labute approximate surface area is 39.5 Å². The summed E-state index contributed by atoms with van der Waals surface area (Å²) in [6, 6.07) is 0. The molecule has 1 atom stereocenters. The molecule has 0 spiro atoms. The molecule has 7 heavy (non-hydrogen) atoms. The largest absolute Gasteiger partial charge is 0.316 e. The lowest BCUT2D eigenvalue weighted by Crippen LogP contribution is -1.99. The minimum absolute atomic E-state index is 2.69. The van der Waals surface area contributed by atoms with Crippen molar-refractivity contribution in [2.75, 3.05) is 0 Å². The Hall–Kier alpha value is -0.210. The Bertz CT molecular complexity index is 121. The van der Waals surface area contributed by atoms with E-state index in [1.165, 1.54) is 0 Å². The molecule has 6 nitrogen and oxygen atoms in total. The zero-order chi connectivity index (χ0) is 5.91. The maximum Gasteiger partial charge on any atom is 0.316 e. The molecule has 0 aromatic rings. The van der Waals surface area contributed by atoms with Gasteiger partial charge in [0.2, 0.25) is 0 Å². The summed E-state index contributed by atoms with van der Waals surface area (Å²) in [5, 5.41) is 9.91. The molecule has 0 fully saturated rings. The van der Waals surface area contributed by atoms with Crippen molar-refractivity contribution in [2.24, 2.45) is 0 Å². The van der Waals surface area contributed by atoms with E-state index in [1.54, 1.807) is 0 Å². The minimum Gasteiger partial charge on any atom is -0.278 e. The van der Waals surface area contributed by atoms with Gasteiger partial charge in [-0.25, -0.2) is 10.0 Å². The average molecular weight is 129 g/mol. The van der Waals surface area contributed by atoms with E-state index in [4.69, 9.17) is 14.6 Å². The van der Waals surface area contributed by atoms with E-state index in [0.29, 0.717) is 0 Å². The molecule has 7 heteroatoms. The second-order valence-electron chi connectivity index (χ2n) is 0.618. The van der Waals surface area contributed by atoms with Gasteiger partial charge >= 0.3 is 10.3 Å². The fourth-order valence-corrected chi connectivity index (χ4v) is 0.124. The second kappa shape index (κ2) is 2.19. The molecule has 3 N–H and O–H groups in total. The molecule has 0 radical (unpaired) electrons. The molecule has 0 aliphatic carbocycles. The fraction of sp³-hybridized carbons (Fsp3) is 0. The number of hydrogen-bond acceptors (Lipinski definition) is 5. The Kier molecular flexibility index (Phi) is 2.12. The monoisotopic (exact) mass is 129 g/mol. The zero-order valence-corrected chi connectivity index (χ0v) is 3.84. The topological polar surface area (TPSA) is 99.8 Å². The highest BCUT2D eigenvalue weighted by atomic mass is 32.2. The van der Waals surface area contributed by atoms with Gasteiger partial charge in [-0.05, 0) is 0 Å². The van der Waals surface area contributed by atoms with Crippen molar-refractivity contribution in [3.8, 4) is 0 Å². The van der Waals surface area contributed by atoms with Crippen LogP contribution in [0.5, 0.6) is 0 Å². The lowest BCUT2D eigenvalue weighted by Gasteiger charge is -1.89. The van der Waals surface area contributed by atoms with Crippen LogP contribution in [0.15, 0.2) is 0 Å². The predicted molar refractivity (Wildman–Crippen MR) is 18.3 cm³/mol. The van der Waals surface area contributed by atoms with Crippen molar-refractivity contribution in [1.29, 1.82) is 4.78 Å². The minimum atomic E-state index is -4.15. The van der Waals surface area contributed by atoms with Crippen molar-refractivity contribution >= 4 is 10.3 Å². The van der Waals surface area contributed by atoms with Crippen LogP contribution in [-0.2, 0) is 19.7 Å². The molecule has 0 aliphatic heterocycles. The standard InChI is InChI=1S/H3NO5S/c1-7(3,4)6-5-2/h2H,(H2,1,3,4). The fourth-order valence-electron chi connectivity index (χ4n) is 0.0412. The van der Waals surface area contributed by atoms with Gasteiger partial charge in [0.15, 0.2) is 0 Å². The molecule has 0 bridgehead atoms. The van der Waals surface area contributed by atoms with E-state index in [0.717, 1.165) is 0 Å². The molecule has 0 amide bonds. The molecule has 0 saturated heterocycles. The van der Waals surface area contributed by atoms with Crippen LogP contribution in [0.3, 0.4) is 0 Å². The van der Waals surface area contributed by atoms with Gasteiger partial charge in [-0.2, -0.15) is 4.21 Å². The Morgan fingerprint density at radius 3 is 2.14 bits per heavy atom. The Morgan fingerprint density at radius 1 is 1.71 bits per heavy atom. The molecule has 0 rings (SSSR count). The van der Waals surface area contributed by atoms with Gasteiger partial charge in [-0.15, -0.1) is 0 Å². The van der Waals surface area contributed by atoms with Crippen molar-refractivity contribution < 1.29 is 23.4 Å². The summed E-state index contributed by atoms with van der Waals surface area (Å²) >= 11 is 0.